The maximum absolute atomic E-state index is 12.9. The first-order valence-electron chi connectivity index (χ1n) is 8.62. The summed E-state index contributed by atoms with van der Waals surface area (Å²) in [5, 5.41) is 3.37. The maximum atomic E-state index is 12.9. The topological polar surface area (TPSA) is 54.5 Å². The number of rotatable bonds is 5. The predicted octanol–water partition coefficient (Wildman–Crippen LogP) is 3.87. The Kier molecular flexibility index (Phi) is 6.28. The van der Waals surface area contributed by atoms with E-state index in [2.05, 4.69) is 10.3 Å². The van der Waals surface area contributed by atoms with Gasteiger partial charge in [0.05, 0.1) is 6.61 Å². The van der Waals surface area contributed by atoms with Crippen molar-refractivity contribution in [2.24, 2.45) is 5.92 Å². The lowest BCUT2D eigenvalue weighted by Crippen LogP contribution is -2.46. The van der Waals surface area contributed by atoms with E-state index in [1.165, 1.54) is 12.1 Å². The van der Waals surface area contributed by atoms with Crippen molar-refractivity contribution in [3.8, 4) is 5.88 Å². The molecule has 1 aromatic heterocycles. The van der Waals surface area contributed by atoms with Crippen LogP contribution in [0.25, 0.3) is 0 Å². The Morgan fingerprint density at radius 1 is 1.35 bits per heavy atom. The van der Waals surface area contributed by atoms with Crippen LogP contribution in [-0.4, -0.2) is 35.6 Å². The molecule has 0 spiro atoms. The number of amides is 2. The van der Waals surface area contributed by atoms with Gasteiger partial charge in [0, 0.05) is 31.7 Å². The highest BCUT2D eigenvalue weighted by Gasteiger charge is 2.24. The van der Waals surface area contributed by atoms with Crippen molar-refractivity contribution in [1.82, 2.24) is 15.2 Å². The first kappa shape index (κ1) is 18.5. The lowest BCUT2D eigenvalue weighted by Gasteiger charge is -2.32. The zero-order valence-corrected chi connectivity index (χ0v) is 15.1. The van der Waals surface area contributed by atoms with Crippen molar-refractivity contribution in [1.29, 1.82) is 0 Å². The molecule has 1 aromatic carbocycles. The average Bonchev–Trinajstić information content (AvgIpc) is 2.67. The summed E-state index contributed by atoms with van der Waals surface area (Å²) in [5.41, 5.74) is 0.862. The normalized spacial score (nSPS) is 17.0. The summed E-state index contributed by atoms with van der Waals surface area (Å²) in [6.45, 7) is 2.19. The van der Waals surface area contributed by atoms with E-state index in [0.717, 1.165) is 24.9 Å². The molecule has 2 aromatic rings. The van der Waals surface area contributed by atoms with Gasteiger partial charge in [-0.15, -0.1) is 0 Å². The molecule has 1 aliphatic heterocycles. The fourth-order valence-electron chi connectivity index (χ4n) is 2.95. The lowest BCUT2D eigenvalue weighted by atomic mass is 9.99. The first-order chi connectivity index (χ1) is 12.6. The molecule has 138 valence electrons. The molecule has 5 nitrogen and oxygen atoms in total. The Morgan fingerprint density at radius 3 is 2.92 bits per heavy atom. The van der Waals surface area contributed by atoms with Crippen molar-refractivity contribution >= 4 is 17.6 Å². The number of benzene rings is 1. The second kappa shape index (κ2) is 8.85. The fourth-order valence-corrected chi connectivity index (χ4v) is 3.13. The number of carbonyl (C=O) groups is 1. The molecule has 1 aliphatic rings. The average molecular weight is 378 g/mol. The predicted molar refractivity (Wildman–Crippen MR) is 97.7 cm³/mol. The van der Waals surface area contributed by atoms with Crippen LogP contribution in [0.4, 0.5) is 9.18 Å². The van der Waals surface area contributed by atoms with Crippen molar-refractivity contribution < 1.29 is 13.9 Å². The number of piperidine rings is 1. The molecule has 1 N–H and O–H groups in total. The molecule has 0 radical (unpaired) electrons. The van der Waals surface area contributed by atoms with Gasteiger partial charge in [0.2, 0.25) is 5.88 Å². The van der Waals surface area contributed by atoms with Crippen molar-refractivity contribution in [3.63, 3.8) is 0 Å². The Labute approximate surface area is 157 Å². The molecule has 2 amide bonds. The minimum Gasteiger partial charge on any atom is -0.476 e. The summed E-state index contributed by atoms with van der Waals surface area (Å²) in [4.78, 5) is 18.3. The second-order valence-corrected chi connectivity index (χ2v) is 6.75. The highest BCUT2D eigenvalue weighted by Crippen LogP contribution is 2.23. The van der Waals surface area contributed by atoms with Gasteiger partial charge in [0.25, 0.3) is 0 Å². The van der Waals surface area contributed by atoms with E-state index in [4.69, 9.17) is 16.3 Å². The third-order valence-corrected chi connectivity index (χ3v) is 4.63. The Morgan fingerprint density at radius 2 is 2.15 bits per heavy atom. The Hall–Kier alpha value is -2.34. The Balaban J connectivity index is 1.47. The van der Waals surface area contributed by atoms with Gasteiger partial charge in [-0.2, -0.15) is 0 Å². The number of aromatic nitrogens is 1. The summed E-state index contributed by atoms with van der Waals surface area (Å²) in [6, 6.07) is 9.48. The number of nitrogens with one attached hydrogen (secondary N) is 1. The smallest absolute Gasteiger partial charge is 0.317 e. The largest absolute Gasteiger partial charge is 0.476 e. The highest BCUT2D eigenvalue weighted by atomic mass is 35.5. The van der Waals surface area contributed by atoms with Gasteiger partial charge in [0.1, 0.15) is 10.8 Å². The summed E-state index contributed by atoms with van der Waals surface area (Å²) >= 11 is 6.04. The molecule has 1 fully saturated rings. The van der Waals surface area contributed by atoms with E-state index in [1.54, 1.807) is 35.4 Å². The molecule has 3 rings (SSSR count). The van der Waals surface area contributed by atoms with E-state index >= 15 is 0 Å². The second-order valence-electron chi connectivity index (χ2n) is 6.34. The summed E-state index contributed by atoms with van der Waals surface area (Å²) in [6.07, 6.45) is 3.55. The molecule has 2 heterocycles. The number of urea groups is 1. The number of likely N-dealkylation sites (tertiary alicyclic amines) is 1. The third kappa shape index (κ3) is 5.08. The minimum atomic E-state index is -0.285. The van der Waals surface area contributed by atoms with Gasteiger partial charge in [-0.1, -0.05) is 23.7 Å². The molecule has 0 saturated carbocycles. The zero-order chi connectivity index (χ0) is 18.4. The number of nitrogens with zero attached hydrogens (tertiary/aromatic N) is 2. The number of carbonyl (C=O) groups excluding carboxylic acids is 1. The minimum absolute atomic E-state index is 0.116. The molecular weight excluding hydrogens is 357 g/mol. The van der Waals surface area contributed by atoms with Gasteiger partial charge in [0.15, 0.2) is 0 Å². The van der Waals surface area contributed by atoms with Crippen molar-refractivity contribution in [2.45, 2.75) is 19.4 Å². The van der Waals surface area contributed by atoms with Gasteiger partial charge in [-0.3, -0.25) is 0 Å². The summed E-state index contributed by atoms with van der Waals surface area (Å²) < 4.78 is 18.6. The molecule has 0 aliphatic carbocycles. The van der Waals surface area contributed by atoms with Crippen LogP contribution in [0.1, 0.15) is 18.4 Å². The summed E-state index contributed by atoms with van der Waals surface area (Å²) in [5.74, 6) is 0.373. The van der Waals surface area contributed by atoms with Crippen LogP contribution in [0.3, 0.4) is 0 Å². The first-order valence-corrected chi connectivity index (χ1v) is 9.00. The van der Waals surface area contributed by atoms with Crippen LogP contribution in [0, 0.1) is 11.7 Å². The van der Waals surface area contributed by atoms with Crippen LogP contribution in [0.2, 0.25) is 5.02 Å². The molecular formula is C19H21ClFN3O2. The van der Waals surface area contributed by atoms with Crippen LogP contribution in [-0.2, 0) is 6.54 Å². The van der Waals surface area contributed by atoms with E-state index in [1.807, 2.05) is 0 Å². The maximum Gasteiger partial charge on any atom is 0.317 e. The molecule has 1 atom stereocenters. The lowest BCUT2D eigenvalue weighted by molar-refractivity contribution is 0.135. The zero-order valence-electron chi connectivity index (χ0n) is 14.3. The fraction of sp³-hybridized carbons (Fsp3) is 0.368. The quantitative estimate of drug-likeness (QED) is 0.860. The molecule has 26 heavy (non-hydrogen) atoms. The van der Waals surface area contributed by atoms with Gasteiger partial charge in [-0.25, -0.2) is 14.2 Å². The summed E-state index contributed by atoms with van der Waals surface area (Å²) in [7, 11) is 0. The van der Waals surface area contributed by atoms with Crippen LogP contribution in [0.5, 0.6) is 5.88 Å². The van der Waals surface area contributed by atoms with E-state index in [9.17, 15) is 9.18 Å². The monoisotopic (exact) mass is 377 g/mol. The molecule has 1 saturated heterocycles. The van der Waals surface area contributed by atoms with Crippen LogP contribution >= 0.6 is 11.6 Å². The van der Waals surface area contributed by atoms with Gasteiger partial charge >= 0.3 is 6.03 Å². The van der Waals surface area contributed by atoms with Crippen molar-refractivity contribution in [2.75, 3.05) is 19.7 Å². The molecule has 1 unspecified atom stereocenters. The van der Waals surface area contributed by atoms with Crippen LogP contribution in [0.15, 0.2) is 42.6 Å². The molecule has 7 heteroatoms. The van der Waals surface area contributed by atoms with Gasteiger partial charge < -0.3 is 15.0 Å². The standard InChI is InChI=1S/C19H21ClFN3O2/c20-17-4-1-9-22-18(17)26-13-15-3-2-10-24(12-15)19(25)23-11-14-5-7-16(21)8-6-14/h1,4-9,15H,2-3,10-13H2,(H,23,25). The molecule has 0 bridgehead atoms. The third-order valence-electron chi connectivity index (χ3n) is 4.34. The SMILES string of the molecule is O=C(NCc1ccc(F)cc1)N1CCCC(COc2ncccc2Cl)C1. The van der Waals surface area contributed by atoms with Crippen LogP contribution < -0.4 is 10.1 Å². The number of hydrogen-bond donors (Lipinski definition) is 1. The van der Waals surface area contributed by atoms with E-state index < -0.39 is 0 Å². The van der Waals surface area contributed by atoms with E-state index in [-0.39, 0.29) is 17.8 Å². The van der Waals surface area contributed by atoms with Gasteiger partial charge in [-0.05, 0) is 42.7 Å². The number of ether oxygens (including phenoxy) is 1. The number of hydrogen-bond acceptors (Lipinski definition) is 3. The highest BCUT2D eigenvalue weighted by molar-refractivity contribution is 6.31. The van der Waals surface area contributed by atoms with E-state index in [0.29, 0.717) is 30.6 Å². The number of halogens is 2. The van der Waals surface area contributed by atoms with Crippen molar-refractivity contribution in [3.05, 3.63) is 59.0 Å². The Bertz CT molecular complexity index is 742. The number of pyridine rings is 1.